The lowest BCUT2D eigenvalue weighted by atomic mass is 10.2. The van der Waals surface area contributed by atoms with Gasteiger partial charge in [0.2, 0.25) is 5.95 Å². The molecule has 0 unspecified atom stereocenters. The first-order valence-corrected chi connectivity index (χ1v) is 8.19. The lowest BCUT2D eigenvalue weighted by Gasteiger charge is -2.13. The number of para-hydroxylation sites is 1. The van der Waals surface area contributed by atoms with Crippen LogP contribution in [0.4, 0.5) is 23.1 Å². The quantitative estimate of drug-likeness (QED) is 0.675. The Bertz CT molecular complexity index is 984. The molecule has 0 radical (unpaired) electrons. The summed E-state index contributed by atoms with van der Waals surface area (Å²) in [6.45, 7) is 1.86. The largest absolute Gasteiger partial charge is 0.495 e. The van der Waals surface area contributed by atoms with Crippen molar-refractivity contribution in [1.82, 2.24) is 9.97 Å². The third-order valence-corrected chi connectivity index (χ3v) is 3.81. The molecule has 7 heteroatoms. The van der Waals surface area contributed by atoms with Gasteiger partial charge in [0, 0.05) is 16.8 Å². The fourth-order valence-corrected chi connectivity index (χ4v) is 2.59. The van der Waals surface area contributed by atoms with Gasteiger partial charge >= 0.3 is 0 Å². The molecule has 130 valence electrons. The van der Waals surface area contributed by atoms with Crippen molar-refractivity contribution in [3.8, 4) is 11.8 Å². The first-order valence-electron chi connectivity index (χ1n) is 7.81. The van der Waals surface area contributed by atoms with Gasteiger partial charge in [-0.25, -0.2) is 4.98 Å². The summed E-state index contributed by atoms with van der Waals surface area (Å²) in [6.07, 6.45) is 0. The number of benzene rings is 2. The Kier molecular flexibility index (Phi) is 5.20. The van der Waals surface area contributed by atoms with E-state index in [0.717, 1.165) is 5.69 Å². The minimum Gasteiger partial charge on any atom is -0.495 e. The number of halogens is 1. The summed E-state index contributed by atoms with van der Waals surface area (Å²) in [5.41, 5.74) is 2.64. The van der Waals surface area contributed by atoms with Crippen LogP contribution in [0.2, 0.25) is 5.02 Å². The van der Waals surface area contributed by atoms with Crippen molar-refractivity contribution in [1.29, 1.82) is 5.26 Å². The number of hydrogen-bond acceptors (Lipinski definition) is 6. The summed E-state index contributed by atoms with van der Waals surface area (Å²) >= 11 is 6.06. The zero-order chi connectivity index (χ0) is 18.5. The zero-order valence-electron chi connectivity index (χ0n) is 14.2. The maximum atomic E-state index is 9.22. The lowest BCUT2D eigenvalue weighted by Crippen LogP contribution is -2.04. The number of aromatic nitrogens is 2. The molecule has 0 aliphatic heterocycles. The van der Waals surface area contributed by atoms with E-state index in [4.69, 9.17) is 16.3 Å². The maximum Gasteiger partial charge on any atom is 0.229 e. The van der Waals surface area contributed by atoms with Gasteiger partial charge in [0.25, 0.3) is 0 Å². The van der Waals surface area contributed by atoms with E-state index in [1.54, 1.807) is 37.4 Å². The van der Waals surface area contributed by atoms with Crippen LogP contribution in [-0.2, 0) is 0 Å². The normalized spacial score (nSPS) is 10.1. The molecule has 1 heterocycles. The van der Waals surface area contributed by atoms with E-state index >= 15 is 0 Å². The molecule has 2 aromatic carbocycles. The van der Waals surface area contributed by atoms with Crippen LogP contribution in [0.3, 0.4) is 0 Å². The fourth-order valence-electron chi connectivity index (χ4n) is 2.41. The number of nitrogens with zero attached hydrogens (tertiary/aromatic N) is 3. The number of anilines is 4. The number of nitriles is 1. The van der Waals surface area contributed by atoms with Gasteiger partial charge in [-0.1, -0.05) is 23.7 Å². The van der Waals surface area contributed by atoms with E-state index in [1.807, 2.05) is 25.1 Å². The van der Waals surface area contributed by atoms with Gasteiger partial charge < -0.3 is 15.4 Å². The van der Waals surface area contributed by atoms with Crippen molar-refractivity contribution in [2.24, 2.45) is 0 Å². The summed E-state index contributed by atoms with van der Waals surface area (Å²) in [6, 6.07) is 16.4. The molecule has 0 bridgehead atoms. The van der Waals surface area contributed by atoms with Gasteiger partial charge in [-0.3, -0.25) is 0 Å². The second-order valence-electron chi connectivity index (χ2n) is 5.47. The van der Waals surface area contributed by atoms with Crippen LogP contribution in [-0.4, -0.2) is 17.1 Å². The molecule has 0 atom stereocenters. The first kappa shape index (κ1) is 17.5. The Morgan fingerprint density at radius 3 is 2.62 bits per heavy atom. The van der Waals surface area contributed by atoms with Gasteiger partial charge in [-0.2, -0.15) is 10.2 Å². The standard InChI is InChI=1S/C19H16ClN5O/c1-12-9-18(23-15-6-4-3-5-13(15)11-21)25-19(22-12)24-16-10-14(20)7-8-17(16)26-2/h3-10H,1-2H3,(H2,22,23,24,25). The summed E-state index contributed by atoms with van der Waals surface area (Å²) in [5.74, 6) is 1.59. The molecule has 2 N–H and O–H groups in total. The minimum absolute atomic E-state index is 0.391. The predicted octanol–water partition coefficient (Wildman–Crippen LogP) is 4.81. The topological polar surface area (TPSA) is 82.9 Å². The molecule has 26 heavy (non-hydrogen) atoms. The third-order valence-electron chi connectivity index (χ3n) is 3.57. The lowest BCUT2D eigenvalue weighted by molar-refractivity contribution is 0.417. The molecular weight excluding hydrogens is 350 g/mol. The summed E-state index contributed by atoms with van der Waals surface area (Å²) in [5, 5.41) is 16.1. The average molecular weight is 366 g/mol. The molecule has 3 aromatic rings. The number of hydrogen-bond donors (Lipinski definition) is 2. The van der Waals surface area contributed by atoms with E-state index in [9.17, 15) is 5.26 Å². The van der Waals surface area contributed by atoms with Gasteiger partial charge in [-0.15, -0.1) is 0 Å². The maximum absolute atomic E-state index is 9.22. The molecule has 1 aromatic heterocycles. The monoisotopic (exact) mass is 365 g/mol. The highest BCUT2D eigenvalue weighted by molar-refractivity contribution is 6.31. The van der Waals surface area contributed by atoms with Gasteiger partial charge in [0.1, 0.15) is 17.6 Å². The van der Waals surface area contributed by atoms with E-state index in [2.05, 4.69) is 26.7 Å². The second-order valence-corrected chi connectivity index (χ2v) is 5.91. The van der Waals surface area contributed by atoms with Crippen LogP contribution in [0, 0.1) is 18.3 Å². The highest BCUT2D eigenvalue weighted by Crippen LogP contribution is 2.30. The highest BCUT2D eigenvalue weighted by atomic mass is 35.5. The molecule has 3 rings (SSSR count). The molecule has 0 fully saturated rings. The van der Waals surface area contributed by atoms with Gasteiger partial charge in [0.15, 0.2) is 0 Å². The Labute approximate surface area is 156 Å². The number of methoxy groups -OCH3 is 1. The van der Waals surface area contributed by atoms with E-state index in [0.29, 0.717) is 39.5 Å². The molecule has 0 spiro atoms. The number of nitrogens with one attached hydrogen (secondary N) is 2. The summed E-state index contributed by atoms with van der Waals surface area (Å²) in [7, 11) is 1.58. The van der Waals surface area contributed by atoms with Crippen molar-refractivity contribution in [2.75, 3.05) is 17.7 Å². The van der Waals surface area contributed by atoms with E-state index in [-0.39, 0.29) is 0 Å². The summed E-state index contributed by atoms with van der Waals surface area (Å²) in [4.78, 5) is 8.86. The Morgan fingerprint density at radius 2 is 1.85 bits per heavy atom. The first-order chi connectivity index (χ1) is 12.6. The molecule has 0 saturated heterocycles. The van der Waals surface area contributed by atoms with Crippen LogP contribution < -0.4 is 15.4 Å². The predicted molar refractivity (Wildman–Crippen MR) is 102 cm³/mol. The number of aryl methyl sites for hydroxylation is 1. The van der Waals surface area contributed by atoms with Crippen LogP contribution in [0.5, 0.6) is 5.75 Å². The molecule has 0 aliphatic rings. The third kappa shape index (κ3) is 4.02. The van der Waals surface area contributed by atoms with Crippen molar-refractivity contribution in [3.05, 3.63) is 64.8 Å². The molecule has 6 nitrogen and oxygen atoms in total. The Balaban J connectivity index is 1.91. The zero-order valence-corrected chi connectivity index (χ0v) is 15.0. The van der Waals surface area contributed by atoms with Crippen LogP contribution >= 0.6 is 11.6 Å². The van der Waals surface area contributed by atoms with Crippen molar-refractivity contribution in [3.63, 3.8) is 0 Å². The molecular formula is C19H16ClN5O. The minimum atomic E-state index is 0.391. The Hall–Kier alpha value is -3.30. The smallest absolute Gasteiger partial charge is 0.229 e. The SMILES string of the molecule is COc1ccc(Cl)cc1Nc1nc(C)cc(Nc2ccccc2C#N)n1. The molecule has 0 amide bonds. The van der Waals surface area contributed by atoms with Crippen LogP contribution in [0.1, 0.15) is 11.3 Å². The van der Waals surface area contributed by atoms with Gasteiger partial charge in [-0.05, 0) is 37.3 Å². The number of ether oxygens (including phenoxy) is 1. The highest BCUT2D eigenvalue weighted by Gasteiger charge is 2.09. The average Bonchev–Trinajstić information content (AvgIpc) is 2.62. The Morgan fingerprint density at radius 1 is 1.04 bits per heavy atom. The van der Waals surface area contributed by atoms with Crippen LogP contribution in [0.15, 0.2) is 48.5 Å². The van der Waals surface area contributed by atoms with Crippen molar-refractivity contribution >= 4 is 34.7 Å². The number of rotatable bonds is 5. The van der Waals surface area contributed by atoms with Crippen LogP contribution in [0.25, 0.3) is 0 Å². The second kappa shape index (κ2) is 7.72. The van der Waals surface area contributed by atoms with E-state index in [1.165, 1.54) is 0 Å². The van der Waals surface area contributed by atoms with E-state index < -0.39 is 0 Å². The summed E-state index contributed by atoms with van der Waals surface area (Å²) < 4.78 is 5.33. The molecule has 0 aliphatic carbocycles. The fraction of sp³-hybridized carbons (Fsp3) is 0.105. The van der Waals surface area contributed by atoms with Gasteiger partial charge in [0.05, 0.1) is 24.0 Å². The van der Waals surface area contributed by atoms with Crippen molar-refractivity contribution in [2.45, 2.75) is 6.92 Å². The molecule has 0 saturated carbocycles. The van der Waals surface area contributed by atoms with Crippen molar-refractivity contribution < 1.29 is 4.74 Å².